The third-order valence-corrected chi connectivity index (χ3v) is 7.85. The second kappa shape index (κ2) is 9.43. The predicted octanol–water partition coefficient (Wildman–Crippen LogP) is 4.56. The molecule has 1 aliphatic rings. The summed E-state index contributed by atoms with van der Waals surface area (Å²) in [4.78, 5) is 2.27. The number of thiocarbonyl (C=S) groups is 1. The van der Waals surface area contributed by atoms with Crippen LogP contribution in [0, 0.1) is 0 Å². The first-order chi connectivity index (χ1) is 13.8. The molecule has 0 bridgehead atoms. The van der Waals surface area contributed by atoms with Crippen molar-refractivity contribution in [2.75, 3.05) is 31.5 Å². The Morgan fingerprint density at radius 2 is 1.66 bits per heavy atom. The number of anilines is 1. The van der Waals surface area contributed by atoms with Gasteiger partial charge in [0.05, 0.1) is 4.90 Å². The maximum Gasteiger partial charge on any atom is 0.243 e. The summed E-state index contributed by atoms with van der Waals surface area (Å²) < 4.78 is 27.1. The summed E-state index contributed by atoms with van der Waals surface area (Å²) in [6.07, 6.45) is 1.11. The Kier molecular flexibility index (Phi) is 7.16. The Labute approximate surface area is 183 Å². The third kappa shape index (κ3) is 5.28. The lowest BCUT2D eigenvalue weighted by atomic mass is 9.99. The zero-order valence-corrected chi connectivity index (χ0v) is 19.0. The van der Waals surface area contributed by atoms with Crippen molar-refractivity contribution in [3.05, 3.63) is 59.1 Å². The van der Waals surface area contributed by atoms with Crippen molar-refractivity contribution in [3.63, 3.8) is 0 Å². The van der Waals surface area contributed by atoms with Crippen molar-refractivity contribution in [2.24, 2.45) is 0 Å². The van der Waals surface area contributed by atoms with E-state index in [9.17, 15) is 8.42 Å². The Hall–Kier alpha value is -1.67. The van der Waals surface area contributed by atoms with E-state index < -0.39 is 10.0 Å². The van der Waals surface area contributed by atoms with E-state index in [1.165, 1.54) is 9.87 Å². The van der Waals surface area contributed by atoms with Crippen LogP contribution in [0.3, 0.4) is 0 Å². The monoisotopic (exact) mass is 451 g/mol. The van der Waals surface area contributed by atoms with Gasteiger partial charge in [-0.15, -0.1) is 0 Å². The molecule has 1 atom stereocenters. The third-order valence-electron chi connectivity index (χ3n) is 5.32. The van der Waals surface area contributed by atoms with E-state index in [4.69, 9.17) is 23.8 Å². The standard InChI is InChI=1S/C21H26ClN3O2S2/c1-3-16(2)17-4-8-19(9-5-17)23-21(28)24-12-14-25(15-13-24)29(26,27)20-10-6-18(22)7-11-20/h4-11,16H,3,12-15H2,1-2H3,(H,23,28). The molecule has 0 radical (unpaired) electrons. The van der Waals surface area contributed by atoms with Crippen molar-refractivity contribution in [2.45, 2.75) is 31.1 Å². The van der Waals surface area contributed by atoms with E-state index in [1.807, 2.05) is 17.0 Å². The van der Waals surface area contributed by atoms with Gasteiger partial charge in [0.2, 0.25) is 10.0 Å². The molecule has 156 valence electrons. The molecule has 2 aromatic rings. The van der Waals surface area contributed by atoms with E-state index in [0.29, 0.717) is 42.2 Å². The van der Waals surface area contributed by atoms with Gasteiger partial charge >= 0.3 is 0 Å². The minimum atomic E-state index is -3.52. The van der Waals surface area contributed by atoms with Gasteiger partial charge in [0.15, 0.2) is 5.11 Å². The summed E-state index contributed by atoms with van der Waals surface area (Å²) in [5.41, 5.74) is 2.25. The maximum absolute atomic E-state index is 12.8. The van der Waals surface area contributed by atoms with Crippen LogP contribution in [0.1, 0.15) is 31.7 Å². The van der Waals surface area contributed by atoms with Crippen molar-refractivity contribution in [1.82, 2.24) is 9.21 Å². The number of hydrogen-bond acceptors (Lipinski definition) is 3. The average Bonchev–Trinajstić information content (AvgIpc) is 2.74. The molecule has 29 heavy (non-hydrogen) atoms. The number of piperazine rings is 1. The number of nitrogens with one attached hydrogen (secondary N) is 1. The topological polar surface area (TPSA) is 52.6 Å². The second-order valence-electron chi connectivity index (χ2n) is 7.21. The van der Waals surface area contributed by atoms with Gasteiger partial charge in [-0.05, 0) is 66.5 Å². The fourth-order valence-corrected chi connectivity index (χ4v) is 5.07. The first-order valence-electron chi connectivity index (χ1n) is 9.73. The minimum Gasteiger partial charge on any atom is -0.346 e. The van der Waals surface area contributed by atoms with Gasteiger partial charge in [0.1, 0.15) is 0 Å². The molecule has 8 heteroatoms. The second-order valence-corrected chi connectivity index (χ2v) is 9.97. The number of nitrogens with zero attached hydrogens (tertiary/aromatic N) is 2. The Morgan fingerprint density at radius 1 is 1.07 bits per heavy atom. The normalized spacial score (nSPS) is 16.4. The molecule has 0 aliphatic carbocycles. The van der Waals surface area contributed by atoms with E-state index in [2.05, 4.69) is 31.3 Å². The first kappa shape index (κ1) is 22.0. The molecule has 1 aliphatic heterocycles. The molecular weight excluding hydrogens is 426 g/mol. The van der Waals surface area contributed by atoms with Crippen LogP contribution in [-0.2, 0) is 10.0 Å². The lowest BCUT2D eigenvalue weighted by molar-refractivity contribution is 0.268. The number of hydrogen-bond donors (Lipinski definition) is 1. The highest BCUT2D eigenvalue weighted by Crippen LogP contribution is 2.22. The molecule has 1 saturated heterocycles. The van der Waals surface area contributed by atoms with Crippen molar-refractivity contribution in [1.29, 1.82) is 0 Å². The zero-order valence-electron chi connectivity index (χ0n) is 16.6. The molecule has 3 rings (SSSR count). The molecule has 1 heterocycles. The lowest BCUT2D eigenvalue weighted by Crippen LogP contribution is -2.51. The largest absolute Gasteiger partial charge is 0.346 e. The van der Waals surface area contributed by atoms with Crippen molar-refractivity contribution < 1.29 is 8.42 Å². The number of benzene rings is 2. The molecule has 0 saturated carbocycles. The molecule has 2 aromatic carbocycles. The Bertz CT molecular complexity index is 939. The Balaban J connectivity index is 1.57. The summed E-state index contributed by atoms with van der Waals surface area (Å²) >= 11 is 11.4. The van der Waals surface area contributed by atoms with Gasteiger partial charge in [-0.3, -0.25) is 0 Å². The minimum absolute atomic E-state index is 0.262. The maximum atomic E-state index is 12.8. The van der Waals surface area contributed by atoms with Crippen LogP contribution >= 0.6 is 23.8 Å². The van der Waals surface area contributed by atoms with Crippen LogP contribution in [0.25, 0.3) is 0 Å². The summed E-state index contributed by atoms with van der Waals surface area (Å²) in [6, 6.07) is 14.6. The highest BCUT2D eigenvalue weighted by molar-refractivity contribution is 7.89. The molecule has 1 fully saturated rings. The molecule has 1 N–H and O–H groups in total. The summed E-state index contributed by atoms with van der Waals surface area (Å²) in [6.45, 7) is 6.26. The van der Waals surface area contributed by atoms with Gasteiger partial charge in [0.25, 0.3) is 0 Å². The fourth-order valence-electron chi connectivity index (χ4n) is 3.22. The van der Waals surface area contributed by atoms with Gasteiger partial charge in [-0.1, -0.05) is 37.6 Å². The van der Waals surface area contributed by atoms with Crippen molar-refractivity contribution in [3.8, 4) is 0 Å². The molecule has 1 unspecified atom stereocenters. The van der Waals surface area contributed by atoms with Crippen LogP contribution in [0.15, 0.2) is 53.4 Å². The van der Waals surface area contributed by atoms with Gasteiger partial charge in [0, 0.05) is 36.9 Å². The summed E-state index contributed by atoms with van der Waals surface area (Å²) in [5.74, 6) is 0.534. The number of halogens is 1. The van der Waals surface area contributed by atoms with Gasteiger partial charge in [-0.25, -0.2) is 8.42 Å². The van der Waals surface area contributed by atoms with Crippen LogP contribution < -0.4 is 5.32 Å². The summed E-state index contributed by atoms with van der Waals surface area (Å²) in [7, 11) is -3.52. The van der Waals surface area contributed by atoms with Crippen molar-refractivity contribution >= 4 is 44.6 Å². The SMILES string of the molecule is CCC(C)c1ccc(NC(=S)N2CCN(S(=O)(=O)c3ccc(Cl)cc3)CC2)cc1. The lowest BCUT2D eigenvalue weighted by Gasteiger charge is -2.35. The van der Waals surface area contributed by atoms with E-state index in [1.54, 1.807) is 24.3 Å². The summed E-state index contributed by atoms with van der Waals surface area (Å²) in [5, 5.41) is 4.39. The molecule has 0 spiro atoms. The van der Waals surface area contributed by atoms with Gasteiger partial charge in [-0.2, -0.15) is 4.31 Å². The fraction of sp³-hybridized carbons (Fsp3) is 0.381. The predicted molar refractivity (Wildman–Crippen MR) is 123 cm³/mol. The molecule has 5 nitrogen and oxygen atoms in total. The van der Waals surface area contributed by atoms with E-state index in [-0.39, 0.29) is 4.90 Å². The highest BCUT2D eigenvalue weighted by atomic mass is 35.5. The van der Waals surface area contributed by atoms with Crippen LogP contribution in [0.2, 0.25) is 5.02 Å². The Morgan fingerprint density at radius 3 is 2.21 bits per heavy atom. The van der Waals surface area contributed by atoms with E-state index >= 15 is 0 Å². The molecular formula is C21H26ClN3O2S2. The molecule has 0 amide bonds. The van der Waals surface area contributed by atoms with Crippen LogP contribution in [0.4, 0.5) is 5.69 Å². The smallest absolute Gasteiger partial charge is 0.243 e. The number of sulfonamides is 1. The quantitative estimate of drug-likeness (QED) is 0.675. The van der Waals surface area contributed by atoms with E-state index in [0.717, 1.165) is 12.1 Å². The van der Waals surface area contributed by atoms with Gasteiger partial charge < -0.3 is 10.2 Å². The molecule has 0 aromatic heterocycles. The van der Waals surface area contributed by atoms with Crippen LogP contribution in [0.5, 0.6) is 0 Å². The highest BCUT2D eigenvalue weighted by Gasteiger charge is 2.29. The average molecular weight is 452 g/mol. The first-order valence-corrected chi connectivity index (χ1v) is 12.0. The zero-order chi connectivity index (χ0) is 21.0. The van der Waals surface area contributed by atoms with Crippen LogP contribution in [-0.4, -0.2) is 48.9 Å². The number of rotatable bonds is 5.